The van der Waals surface area contributed by atoms with Gasteiger partial charge in [-0.15, -0.1) is 11.3 Å². The van der Waals surface area contributed by atoms with Crippen LogP contribution in [0.2, 0.25) is 0 Å². The molecule has 2 heterocycles. The van der Waals surface area contributed by atoms with Crippen LogP contribution in [0, 0.1) is 0 Å². The minimum atomic E-state index is 0.0855. The van der Waals surface area contributed by atoms with E-state index in [2.05, 4.69) is 18.3 Å². The molecule has 0 saturated carbocycles. The summed E-state index contributed by atoms with van der Waals surface area (Å²) in [5.74, 6) is 1.46. The molecule has 5 rings (SSSR count). The summed E-state index contributed by atoms with van der Waals surface area (Å²) in [6.45, 7) is 3.21. The lowest BCUT2D eigenvalue weighted by Crippen LogP contribution is -2.24. The Morgan fingerprint density at radius 2 is 1.94 bits per heavy atom. The number of rotatable bonds is 7. The second kappa shape index (κ2) is 9.17. The van der Waals surface area contributed by atoms with Crippen LogP contribution in [0.15, 0.2) is 59.4 Å². The van der Waals surface area contributed by atoms with Crippen LogP contribution in [0.4, 0.5) is 11.6 Å². The number of aromatic nitrogens is 2. The Kier molecular flexibility index (Phi) is 5.95. The van der Waals surface area contributed by atoms with Gasteiger partial charge in [0.15, 0.2) is 0 Å². The highest BCUT2D eigenvalue weighted by atomic mass is 32.1. The number of hydrogen-bond donors (Lipinski definition) is 1. The summed E-state index contributed by atoms with van der Waals surface area (Å²) in [4.78, 5) is 20.6. The minimum absolute atomic E-state index is 0.0855. The van der Waals surface area contributed by atoms with Crippen LogP contribution in [0.5, 0.6) is 5.75 Å². The Bertz CT molecular complexity index is 1290. The van der Waals surface area contributed by atoms with Crippen molar-refractivity contribution in [2.45, 2.75) is 52.2 Å². The van der Waals surface area contributed by atoms with Gasteiger partial charge in [0.1, 0.15) is 17.2 Å². The molecule has 1 aliphatic carbocycles. The standard InChI is InChI=1S/C26H27N3O2S/c1-2-15-29-25(30)23-21-13-6-7-14-22(21)32-24(23)28-26(29)27-19-10-8-9-18(16-19)17-31-20-11-4-3-5-12-20/h3-5,8-12,16H,2,6-7,13-15,17H2,1H3,(H,27,28). The molecule has 0 fully saturated rings. The van der Waals surface area contributed by atoms with E-state index in [9.17, 15) is 4.79 Å². The van der Waals surface area contributed by atoms with Crippen molar-refractivity contribution in [2.24, 2.45) is 0 Å². The first-order chi connectivity index (χ1) is 15.7. The van der Waals surface area contributed by atoms with E-state index < -0.39 is 0 Å². The molecule has 1 N–H and O–H groups in total. The van der Waals surface area contributed by atoms with Crippen LogP contribution in [-0.4, -0.2) is 9.55 Å². The van der Waals surface area contributed by atoms with E-state index in [1.165, 1.54) is 16.9 Å². The highest BCUT2D eigenvalue weighted by Gasteiger charge is 2.22. The van der Waals surface area contributed by atoms with Crippen molar-refractivity contribution in [3.8, 4) is 5.75 Å². The molecule has 1 aliphatic rings. The summed E-state index contributed by atoms with van der Waals surface area (Å²) in [5, 5.41) is 4.25. The lowest BCUT2D eigenvalue weighted by molar-refractivity contribution is 0.306. The second-order valence-corrected chi connectivity index (χ2v) is 9.29. The third-order valence-corrected chi connectivity index (χ3v) is 7.04. The number of ether oxygens (including phenoxy) is 1. The Morgan fingerprint density at radius 3 is 2.78 bits per heavy atom. The van der Waals surface area contributed by atoms with E-state index >= 15 is 0 Å². The van der Waals surface area contributed by atoms with E-state index in [0.717, 1.165) is 52.9 Å². The highest BCUT2D eigenvalue weighted by Crippen LogP contribution is 2.34. The first kappa shape index (κ1) is 20.8. The number of thiophene rings is 1. The molecule has 0 bridgehead atoms. The van der Waals surface area contributed by atoms with Gasteiger partial charge < -0.3 is 10.1 Å². The van der Waals surface area contributed by atoms with E-state index in [-0.39, 0.29) is 5.56 Å². The van der Waals surface area contributed by atoms with Crippen LogP contribution in [-0.2, 0) is 26.0 Å². The van der Waals surface area contributed by atoms with E-state index in [0.29, 0.717) is 19.1 Å². The van der Waals surface area contributed by atoms with E-state index in [1.54, 1.807) is 15.9 Å². The normalized spacial score (nSPS) is 13.2. The number of aryl methyl sites for hydroxylation is 2. The molecule has 6 heteroatoms. The topological polar surface area (TPSA) is 56.1 Å². The van der Waals surface area contributed by atoms with Crippen LogP contribution in [0.3, 0.4) is 0 Å². The largest absolute Gasteiger partial charge is 0.489 e. The van der Waals surface area contributed by atoms with Gasteiger partial charge in [-0.05, 0) is 67.5 Å². The predicted octanol–water partition coefficient (Wildman–Crippen LogP) is 6.07. The number of hydrogen-bond acceptors (Lipinski definition) is 5. The Balaban J connectivity index is 1.45. The summed E-state index contributed by atoms with van der Waals surface area (Å²) in [5.41, 5.74) is 3.28. The molecule has 0 aliphatic heterocycles. The maximum Gasteiger partial charge on any atom is 0.263 e. The second-order valence-electron chi connectivity index (χ2n) is 8.21. The van der Waals surface area contributed by atoms with Gasteiger partial charge in [-0.2, -0.15) is 0 Å². The quantitative estimate of drug-likeness (QED) is 0.375. The monoisotopic (exact) mass is 445 g/mol. The van der Waals surface area contributed by atoms with Gasteiger partial charge in [-0.3, -0.25) is 9.36 Å². The zero-order chi connectivity index (χ0) is 21.9. The third kappa shape index (κ3) is 4.15. The average molecular weight is 446 g/mol. The summed E-state index contributed by atoms with van der Waals surface area (Å²) in [7, 11) is 0. The van der Waals surface area contributed by atoms with Gasteiger partial charge in [0.25, 0.3) is 5.56 Å². The summed E-state index contributed by atoms with van der Waals surface area (Å²) in [6.07, 6.45) is 5.29. The molecule has 32 heavy (non-hydrogen) atoms. The van der Waals surface area contributed by atoms with Crippen molar-refractivity contribution in [3.63, 3.8) is 0 Å². The van der Waals surface area contributed by atoms with Crippen LogP contribution >= 0.6 is 11.3 Å². The highest BCUT2D eigenvalue weighted by molar-refractivity contribution is 7.18. The van der Waals surface area contributed by atoms with Crippen molar-refractivity contribution < 1.29 is 4.74 Å². The fourth-order valence-corrected chi connectivity index (χ4v) is 5.57. The van der Waals surface area contributed by atoms with Gasteiger partial charge >= 0.3 is 0 Å². The molecule has 0 atom stereocenters. The van der Waals surface area contributed by atoms with Crippen molar-refractivity contribution in [1.82, 2.24) is 9.55 Å². The molecule has 0 radical (unpaired) electrons. The zero-order valence-electron chi connectivity index (χ0n) is 18.3. The minimum Gasteiger partial charge on any atom is -0.489 e. The lowest BCUT2D eigenvalue weighted by atomic mass is 9.97. The number of nitrogens with one attached hydrogen (secondary N) is 1. The van der Waals surface area contributed by atoms with Crippen LogP contribution < -0.4 is 15.6 Å². The number of benzene rings is 2. The molecule has 5 nitrogen and oxygen atoms in total. The molecular formula is C26H27N3O2S. The molecule has 2 aromatic carbocycles. The number of nitrogens with zero attached hydrogens (tertiary/aromatic N) is 2. The molecule has 2 aromatic heterocycles. The van der Waals surface area contributed by atoms with Crippen LogP contribution in [0.1, 0.15) is 42.2 Å². The Hall–Kier alpha value is -3.12. The molecule has 0 amide bonds. The fraction of sp³-hybridized carbons (Fsp3) is 0.308. The third-order valence-electron chi connectivity index (χ3n) is 5.85. The Morgan fingerprint density at radius 1 is 1.09 bits per heavy atom. The number of anilines is 2. The number of para-hydroxylation sites is 1. The van der Waals surface area contributed by atoms with Gasteiger partial charge in [0.2, 0.25) is 5.95 Å². The zero-order valence-corrected chi connectivity index (χ0v) is 19.1. The van der Waals surface area contributed by atoms with E-state index in [4.69, 9.17) is 9.72 Å². The predicted molar refractivity (Wildman–Crippen MR) is 131 cm³/mol. The van der Waals surface area contributed by atoms with Gasteiger partial charge in [0, 0.05) is 17.1 Å². The molecule has 0 unspecified atom stereocenters. The molecule has 4 aromatic rings. The van der Waals surface area contributed by atoms with Gasteiger partial charge in [-0.25, -0.2) is 4.98 Å². The van der Waals surface area contributed by atoms with Gasteiger partial charge in [-0.1, -0.05) is 37.3 Å². The fourth-order valence-electron chi connectivity index (χ4n) is 4.32. The molecule has 0 spiro atoms. The lowest BCUT2D eigenvalue weighted by Gasteiger charge is -2.15. The maximum atomic E-state index is 13.5. The van der Waals surface area contributed by atoms with Crippen LogP contribution in [0.25, 0.3) is 10.2 Å². The molecular weight excluding hydrogens is 418 g/mol. The van der Waals surface area contributed by atoms with Crippen molar-refractivity contribution in [3.05, 3.63) is 81.0 Å². The number of fused-ring (bicyclic) bond motifs is 3. The average Bonchev–Trinajstić information content (AvgIpc) is 3.20. The SMILES string of the molecule is CCCn1c(Nc2cccc(COc3ccccc3)c2)nc2sc3c(c2c1=O)CCCC3. The van der Waals surface area contributed by atoms with Crippen molar-refractivity contribution >= 4 is 33.2 Å². The molecule has 164 valence electrons. The first-order valence-corrected chi connectivity index (χ1v) is 12.1. The van der Waals surface area contributed by atoms with Crippen molar-refractivity contribution in [2.75, 3.05) is 5.32 Å². The summed E-state index contributed by atoms with van der Waals surface area (Å²) < 4.78 is 7.69. The maximum absolute atomic E-state index is 13.5. The smallest absolute Gasteiger partial charge is 0.263 e. The Labute approximate surface area is 191 Å². The first-order valence-electron chi connectivity index (χ1n) is 11.3. The molecule has 0 saturated heterocycles. The summed E-state index contributed by atoms with van der Waals surface area (Å²) in [6, 6.07) is 17.9. The summed E-state index contributed by atoms with van der Waals surface area (Å²) >= 11 is 1.69. The van der Waals surface area contributed by atoms with Crippen molar-refractivity contribution in [1.29, 1.82) is 0 Å². The van der Waals surface area contributed by atoms with Gasteiger partial charge in [0.05, 0.1) is 5.39 Å². The van der Waals surface area contributed by atoms with E-state index in [1.807, 2.05) is 48.5 Å².